The van der Waals surface area contributed by atoms with Crippen molar-refractivity contribution in [2.45, 2.75) is 32.9 Å². The van der Waals surface area contributed by atoms with Crippen LogP contribution in [0.4, 0.5) is 5.95 Å². The van der Waals surface area contributed by atoms with Crippen molar-refractivity contribution >= 4 is 21.9 Å². The molecule has 1 aromatic rings. The van der Waals surface area contributed by atoms with Crippen LogP contribution in [0.3, 0.4) is 0 Å². The smallest absolute Gasteiger partial charge is 0.205 e. The Bertz CT molecular complexity index is 293. The lowest BCUT2D eigenvalue weighted by Gasteiger charge is -2.35. The second kappa shape index (κ2) is 4.34. The van der Waals surface area contributed by atoms with Gasteiger partial charge in [-0.05, 0) is 20.8 Å². The van der Waals surface area contributed by atoms with Crippen LogP contribution in [-0.4, -0.2) is 27.5 Å². The summed E-state index contributed by atoms with van der Waals surface area (Å²) in [6.45, 7) is 7.46. The fraction of sp³-hybridized carbons (Fsp3) is 0.700. The third-order valence-corrected chi connectivity index (χ3v) is 3.94. The van der Waals surface area contributed by atoms with Gasteiger partial charge in [-0.3, -0.25) is 0 Å². The fourth-order valence-corrected chi connectivity index (χ4v) is 1.58. The van der Waals surface area contributed by atoms with Gasteiger partial charge in [0.1, 0.15) is 0 Å². The van der Waals surface area contributed by atoms with Gasteiger partial charge in [-0.25, -0.2) is 4.98 Å². The lowest BCUT2D eigenvalue weighted by Crippen LogP contribution is -2.44. The van der Waals surface area contributed by atoms with Crippen molar-refractivity contribution in [1.82, 2.24) is 9.55 Å². The molecule has 0 unspecified atom stereocenters. The fourth-order valence-electron chi connectivity index (χ4n) is 1.21. The van der Waals surface area contributed by atoms with Crippen molar-refractivity contribution in [2.24, 2.45) is 0 Å². The standard InChI is InChI=1S/C10H18BrN3/c1-5-14-7-6-12-9(14)13(4)10(2,3)8-11/h6-7H,5,8H2,1-4H3. The molecule has 0 aromatic carbocycles. The average molecular weight is 260 g/mol. The number of aryl methyl sites for hydroxylation is 1. The molecule has 0 spiro atoms. The molecular weight excluding hydrogens is 242 g/mol. The molecular formula is C10H18BrN3. The van der Waals surface area contributed by atoms with E-state index in [-0.39, 0.29) is 5.54 Å². The second-order valence-corrected chi connectivity index (χ2v) is 4.58. The number of nitrogens with zero attached hydrogens (tertiary/aromatic N) is 3. The molecule has 1 rings (SSSR count). The predicted molar refractivity (Wildman–Crippen MR) is 64.2 cm³/mol. The normalized spacial score (nSPS) is 11.8. The number of rotatable bonds is 4. The first kappa shape index (κ1) is 11.6. The summed E-state index contributed by atoms with van der Waals surface area (Å²) in [6.07, 6.45) is 3.86. The summed E-state index contributed by atoms with van der Waals surface area (Å²) >= 11 is 3.52. The van der Waals surface area contributed by atoms with Gasteiger partial charge in [-0.2, -0.15) is 0 Å². The summed E-state index contributed by atoms with van der Waals surface area (Å²) < 4.78 is 2.14. The minimum Gasteiger partial charge on any atom is -0.339 e. The Kier molecular flexibility index (Phi) is 3.59. The first-order valence-corrected chi connectivity index (χ1v) is 5.96. The number of hydrogen-bond acceptors (Lipinski definition) is 2. The van der Waals surface area contributed by atoms with Crippen molar-refractivity contribution in [1.29, 1.82) is 0 Å². The Hall–Kier alpha value is -0.510. The molecule has 14 heavy (non-hydrogen) atoms. The van der Waals surface area contributed by atoms with Crippen molar-refractivity contribution in [3.63, 3.8) is 0 Å². The van der Waals surface area contributed by atoms with Crippen LogP contribution < -0.4 is 4.90 Å². The lowest BCUT2D eigenvalue weighted by molar-refractivity contribution is 0.529. The summed E-state index contributed by atoms with van der Waals surface area (Å²) in [4.78, 5) is 6.57. The first-order valence-electron chi connectivity index (χ1n) is 4.84. The number of anilines is 1. The number of alkyl halides is 1. The van der Waals surface area contributed by atoms with Gasteiger partial charge in [-0.15, -0.1) is 0 Å². The van der Waals surface area contributed by atoms with Gasteiger partial charge in [0, 0.05) is 36.9 Å². The zero-order valence-corrected chi connectivity index (χ0v) is 10.9. The summed E-state index contributed by atoms with van der Waals surface area (Å²) in [5, 5.41) is 0.924. The number of aromatic nitrogens is 2. The highest BCUT2D eigenvalue weighted by Crippen LogP contribution is 2.22. The first-order chi connectivity index (χ1) is 6.53. The average Bonchev–Trinajstić information content (AvgIpc) is 2.64. The van der Waals surface area contributed by atoms with Crippen LogP contribution in [0.15, 0.2) is 12.4 Å². The van der Waals surface area contributed by atoms with E-state index < -0.39 is 0 Å². The van der Waals surface area contributed by atoms with Crippen molar-refractivity contribution < 1.29 is 0 Å². The Morgan fingerprint density at radius 2 is 2.21 bits per heavy atom. The van der Waals surface area contributed by atoms with Crippen LogP contribution in [0.5, 0.6) is 0 Å². The monoisotopic (exact) mass is 259 g/mol. The van der Waals surface area contributed by atoms with Crippen molar-refractivity contribution in [2.75, 3.05) is 17.3 Å². The Labute approximate surface area is 94.3 Å². The molecule has 0 radical (unpaired) electrons. The van der Waals surface area contributed by atoms with Crippen LogP contribution in [0, 0.1) is 0 Å². The van der Waals surface area contributed by atoms with Gasteiger partial charge >= 0.3 is 0 Å². The van der Waals surface area contributed by atoms with Gasteiger partial charge < -0.3 is 9.47 Å². The van der Waals surface area contributed by atoms with Crippen molar-refractivity contribution in [3.8, 4) is 0 Å². The third-order valence-electron chi connectivity index (χ3n) is 2.57. The highest BCUT2D eigenvalue weighted by molar-refractivity contribution is 9.09. The predicted octanol–water partition coefficient (Wildman–Crippen LogP) is 2.51. The molecule has 0 aliphatic carbocycles. The summed E-state index contributed by atoms with van der Waals surface area (Å²) in [6, 6.07) is 0. The Morgan fingerprint density at radius 1 is 1.57 bits per heavy atom. The van der Waals surface area contributed by atoms with Crippen LogP contribution in [0.25, 0.3) is 0 Å². The minimum atomic E-state index is 0.0816. The van der Waals surface area contributed by atoms with E-state index in [1.54, 1.807) is 0 Å². The molecule has 0 N–H and O–H groups in total. The van der Waals surface area contributed by atoms with E-state index in [2.05, 4.69) is 58.2 Å². The van der Waals surface area contributed by atoms with Crippen LogP contribution >= 0.6 is 15.9 Å². The molecule has 0 atom stereocenters. The number of halogens is 1. The van der Waals surface area contributed by atoms with E-state index in [0.717, 1.165) is 17.8 Å². The SMILES string of the molecule is CCn1ccnc1N(C)C(C)(C)CBr. The maximum atomic E-state index is 4.37. The van der Waals surface area contributed by atoms with Crippen molar-refractivity contribution in [3.05, 3.63) is 12.4 Å². The van der Waals surface area contributed by atoms with Crippen LogP contribution in [0.1, 0.15) is 20.8 Å². The Morgan fingerprint density at radius 3 is 2.71 bits per heavy atom. The van der Waals surface area contributed by atoms with E-state index in [1.165, 1.54) is 0 Å². The second-order valence-electron chi connectivity index (χ2n) is 4.02. The molecule has 0 saturated heterocycles. The van der Waals surface area contributed by atoms with Crippen LogP contribution in [0.2, 0.25) is 0 Å². The third kappa shape index (κ3) is 2.11. The number of imidazole rings is 1. The number of hydrogen-bond donors (Lipinski definition) is 0. The van der Waals surface area contributed by atoms with Gasteiger partial charge in [0.15, 0.2) is 0 Å². The summed E-state index contributed by atoms with van der Waals surface area (Å²) in [5.74, 6) is 1.02. The molecule has 0 saturated carbocycles. The zero-order valence-electron chi connectivity index (χ0n) is 9.29. The molecule has 0 bridgehead atoms. The van der Waals surface area contributed by atoms with E-state index >= 15 is 0 Å². The summed E-state index contributed by atoms with van der Waals surface area (Å²) in [7, 11) is 2.08. The topological polar surface area (TPSA) is 21.1 Å². The van der Waals surface area contributed by atoms with Crippen LogP contribution in [-0.2, 0) is 6.54 Å². The maximum absolute atomic E-state index is 4.37. The maximum Gasteiger partial charge on any atom is 0.205 e. The molecule has 1 aromatic heterocycles. The molecule has 80 valence electrons. The molecule has 0 aliphatic rings. The van der Waals surface area contributed by atoms with E-state index in [1.807, 2.05) is 12.4 Å². The zero-order chi connectivity index (χ0) is 10.8. The highest BCUT2D eigenvalue weighted by atomic mass is 79.9. The summed E-state index contributed by atoms with van der Waals surface area (Å²) in [5.41, 5.74) is 0.0816. The van der Waals surface area contributed by atoms with E-state index in [9.17, 15) is 0 Å². The molecule has 1 heterocycles. The Balaban J connectivity index is 2.94. The molecule has 0 aliphatic heterocycles. The molecule has 3 nitrogen and oxygen atoms in total. The van der Waals surface area contributed by atoms with Gasteiger partial charge in [0.05, 0.1) is 0 Å². The van der Waals surface area contributed by atoms with E-state index in [0.29, 0.717) is 0 Å². The molecule has 0 fully saturated rings. The van der Waals surface area contributed by atoms with Gasteiger partial charge in [-0.1, -0.05) is 15.9 Å². The largest absolute Gasteiger partial charge is 0.339 e. The van der Waals surface area contributed by atoms with E-state index in [4.69, 9.17) is 0 Å². The minimum absolute atomic E-state index is 0.0816. The molecule has 4 heteroatoms. The lowest BCUT2D eigenvalue weighted by atomic mass is 10.1. The van der Waals surface area contributed by atoms with Gasteiger partial charge in [0.25, 0.3) is 0 Å². The van der Waals surface area contributed by atoms with Gasteiger partial charge in [0.2, 0.25) is 5.95 Å². The highest BCUT2D eigenvalue weighted by Gasteiger charge is 2.24. The molecule has 0 amide bonds. The quantitative estimate of drug-likeness (QED) is 0.775.